The summed E-state index contributed by atoms with van der Waals surface area (Å²) in [7, 11) is 0. The summed E-state index contributed by atoms with van der Waals surface area (Å²) in [5.41, 5.74) is 4.52. The third-order valence-corrected chi connectivity index (χ3v) is 4.11. The van der Waals surface area contributed by atoms with Crippen molar-refractivity contribution in [2.24, 2.45) is 0 Å². The van der Waals surface area contributed by atoms with E-state index in [1.807, 2.05) is 32.0 Å². The third kappa shape index (κ3) is 3.38. The summed E-state index contributed by atoms with van der Waals surface area (Å²) in [6, 6.07) is 9.14. The van der Waals surface area contributed by atoms with Crippen molar-refractivity contribution in [1.29, 1.82) is 0 Å². The molecule has 0 aliphatic heterocycles. The number of hydrogen-bond donors (Lipinski definition) is 3. The molecule has 0 radical (unpaired) electrons. The van der Waals surface area contributed by atoms with E-state index in [4.69, 9.17) is 0 Å². The van der Waals surface area contributed by atoms with E-state index in [9.17, 15) is 9.59 Å². The number of hydrogen-bond acceptors (Lipinski definition) is 3. The fourth-order valence-electron chi connectivity index (χ4n) is 2.76. The van der Waals surface area contributed by atoms with Crippen LogP contribution in [0.2, 0.25) is 0 Å². The maximum Gasteiger partial charge on any atom is 0.261 e. The number of nitrogens with one attached hydrogen (secondary N) is 3. The van der Waals surface area contributed by atoms with Gasteiger partial charge in [0.2, 0.25) is 0 Å². The number of carbonyl (C=O) groups excluding carboxylic acids is 1. The van der Waals surface area contributed by atoms with E-state index in [0.717, 1.165) is 28.5 Å². The van der Waals surface area contributed by atoms with Crippen LogP contribution in [-0.2, 0) is 0 Å². The largest absolute Gasteiger partial charge is 0.342 e. The molecule has 0 aliphatic carbocycles. The number of benzene rings is 1. The molecular weight excluding hydrogens is 316 g/mol. The van der Waals surface area contributed by atoms with Gasteiger partial charge in [-0.05, 0) is 51.5 Å². The fraction of sp³-hybridized carbons (Fsp3) is 0.211. The maximum absolute atomic E-state index is 12.5. The predicted octanol–water partition coefficient (Wildman–Crippen LogP) is 3.25. The highest BCUT2D eigenvalue weighted by atomic mass is 16.2. The maximum atomic E-state index is 12.5. The Balaban J connectivity index is 1.90. The van der Waals surface area contributed by atoms with Crippen LogP contribution in [-0.4, -0.2) is 20.9 Å². The lowest BCUT2D eigenvalue weighted by Crippen LogP contribution is -2.25. The zero-order chi connectivity index (χ0) is 18.1. The molecule has 0 saturated carbocycles. The van der Waals surface area contributed by atoms with E-state index >= 15 is 0 Å². The second-order valence-electron chi connectivity index (χ2n) is 6.17. The normalized spacial score (nSPS) is 10.7. The van der Waals surface area contributed by atoms with Crippen molar-refractivity contribution in [3.8, 4) is 11.4 Å². The summed E-state index contributed by atoms with van der Waals surface area (Å²) in [6.45, 7) is 7.44. The monoisotopic (exact) mass is 336 g/mol. The average Bonchev–Trinajstić information content (AvgIpc) is 2.86. The van der Waals surface area contributed by atoms with Crippen LogP contribution in [0.4, 0.5) is 5.69 Å². The van der Waals surface area contributed by atoms with Crippen LogP contribution in [0, 0.1) is 27.7 Å². The number of aryl methyl sites for hydroxylation is 4. The zero-order valence-corrected chi connectivity index (χ0v) is 14.7. The molecule has 1 aromatic carbocycles. The highest BCUT2D eigenvalue weighted by Crippen LogP contribution is 2.21. The number of amides is 1. The summed E-state index contributed by atoms with van der Waals surface area (Å²) in [6.07, 6.45) is 0. The molecule has 128 valence electrons. The van der Waals surface area contributed by atoms with Crippen LogP contribution >= 0.6 is 0 Å². The second-order valence-corrected chi connectivity index (χ2v) is 6.17. The fourth-order valence-corrected chi connectivity index (χ4v) is 2.76. The van der Waals surface area contributed by atoms with Gasteiger partial charge in [-0.15, -0.1) is 0 Å². The number of imidazole rings is 1. The zero-order valence-electron chi connectivity index (χ0n) is 14.7. The molecule has 2 aromatic heterocycles. The van der Waals surface area contributed by atoms with Crippen molar-refractivity contribution in [3.63, 3.8) is 0 Å². The number of carbonyl (C=O) groups is 1. The van der Waals surface area contributed by atoms with Gasteiger partial charge in [0.1, 0.15) is 11.4 Å². The SMILES string of the molecule is Cc1cc(C)c(C(=O)Nc2cccc(-c3nc(C)c(C)[nH]3)c2)c(=O)[nH]1. The van der Waals surface area contributed by atoms with Crippen molar-refractivity contribution in [3.05, 3.63) is 68.9 Å². The van der Waals surface area contributed by atoms with E-state index in [-0.39, 0.29) is 11.1 Å². The van der Waals surface area contributed by atoms with Gasteiger partial charge in [0.05, 0.1) is 5.69 Å². The molecule has 0 spiro atoms. The smallest absolute Gasteiger partial charge is 0.261 e. The second kappa shape index (κ2) is 6.39. The first-order chi connectivity index (χ1) is 11.8. The van der Waals surface area contributed by atoms with Gasteiger partial charge < -0.3 is 15.3 Å². The van der Waals surface area contributed by atoms with Crippen molar-refractivity contribution in [1.82, 2.24) is 15.0 Å². The summed E-state index contributed by atoms with van der Waals surface area (Å²) >= 11 is 0. The van der Waals surface area contributed by atoms with E-state index in [0.29, 0.717) is 11.3 Å². The van der Waals surface area contributed by atoms with E-state index in [1.54, 1.807) is 26.0 Å². The number of aromatic amines is 2. The number of aromatic nitrogens is 3. The molecule has 3 aromatic rings. The molecule has 3 N–H and O–H groups in total. The lowest BCUT2D eigenvalue weighted by molar-refractivity contribution is 0.102. The Hall–Kier alpha value is -3.15. The molecule has 0 atom stereocenters. The number of rotatable bonds is 3. The molecule has 0 bridgehead atoms. The lowest BCUT2D eigenvalue weighted by atomic mass is 10.1. The Morgan fingerprint density at radius 3 is 2.48 bits per heavy atom. The van der Waals surface area contributed by atoms with Crippen LogP contribution < -0.4 is 10.9 Å². The molecule has 6 heteroatoms. The Morgan fingerprint density at radius 2 is 1.84 bits per heavy atom. The van der Waals surface area contributed by atoms with Gasteiger partial charge in [0.15, 0.2) is 0 Å². The van der Waals surface area contributed by atoms with Crippen LogP contribution in [0.15, 0.2) is 35.1 Å². The Kier molecular flexibility index (Phi) is 4.27. The van der Waals surface area contributed by atoms with E-state index in [1.165, 1.54) is 0 Å². The molecule has 0 unspecified atom stereocenters. The third-order valence-electron chi connectivity index (χ3n) is 4.11. The summed E-state index contributed by atoms with van der Waals surface area (Å²) < 4.78 is 0. The average molecular weight is 336 g/mol. The minimum atomic E-state index is -0.428. The van der Waals surface area contributed by atoms with Gasteiger partial charge in [-0.25, -0.2) is 4.98 Å². The number of anilines is 1. The van der Waals surface area contributed by atoms with Crippen molar-refractivity contribution < 1.29 is 4.79 Å². The predicted molar refractivity (Wildman–Crippen MR) is 98.0 cm³/mol. The van der Waals surface area contributed by atoms with Crippen LogP contribution in [0.1, 0.15) is 33.0 Å². The van der Waals surface area contributed by atoms with E-state index in [2.05, 4.69) is 20.3 Å². The Labute approximate surface area is 145 Å². The minimum absolute atomic E-state index is 0.126. The lowest BCUT2D eigenvalue weighted by Gasteiger charge is -2.08. The summed E-state index contributed by atoms with van der Waals surface area (Å²) in [4.78, 5) is 35.0. The van der Waals surface area contributed by atoms with Gasteiger partial charge in [0, 0.05) is 22.6 Å². The topological polar surface area (TPSA) is 90.6 Å². The molecule has 2 heterocycles. The molecular formula is C19H20N4O2. The van der Waals surface area contributed by atoms with Gasteiger partial charge >= 0.3 is 0 Å². The van der Waals surface area contributed by atoms with Gasteiger partial charge in [0.25, 0.3) is 11.5 Å². The first-order valence-electron chi connectivity index (χ1n) is 8.00. The minimum Gasteiger partial charge on any atom is -0.342 e. The molecule has 0 saturated heterocycles. The highest BCUT2D eigenvalue weighted by molar-refractivity contribution is 6.05. The summed E-state index contributed by atoms with van der Waals surface area (Å²) in [5, 5.41) is 2.79. The highest BCUT2D eigenvalue weighted by Gasteiger charge is 2.15. The first-order valence-corrected chi connectivity index (χ1v) is 8.00. The van der Waals surface area contributed by atoms with Crippen molar-refractivity contribution >= 4 is 11.6 Å². The quantitative estimate of drug-likeness (QED) is 0.686. The van der Waals surface area contributed by atoms with Gasteiger partial charge in [-0.1, -0.05) is 12.1 Å². The molecule has 0 fully saturated rings. The van der Waals surface area contributed by atoms with Crippen LogP contribution in [0.25, 0.3) is 11.4 Å². The van der Waals surface area contributed by atoms with Crippen LogP contribution in [0.3, 0.4) is 0 Å². The molecule has 6 nitrogen and oxygen atoms in total. The Morgan fingerprint density at radius 1 is 1.08 bits per heavy atom. The van der Waals surface area contributed by atoms with Gasteiger partial charge in [-0.3, -0.25) is 9.59 Å². The van der Waals surface area contributed by atoms with Crippen molar-refractivity contribution in [2.45, 2.75) is 27.7 Å². The standard InChI is InChI=1S/C19H20N4O2/c1-10-8-11(2)20-18(24)16(10)19(25)23-15-7-5-6-14(9-15)17-21-12(3)13(4)22-17/h5-9H,1-4H3,(H,20,24)(H,21,22)(H,23,25). The summed E-state index contributed by atoms with van der Waals surface area (Å²) in [5.74, 6) is 0.318. The number of H-pyrrole nitrogens is 2. The molecule has 0 aliphatic rings. The first kappa shape index (κ1) is 16.7. The Bertz CT molecular complexity index is 995. The number of pyridine rings is 1. The van der Waals surface area contributed by atoms with E-state index < -0.39 is 5.91 Å². The van der Waals surface area contributed by atoms with Crippen molar-refractivity contribution in [2.75, 3.05) is 5.32 Å². The molecule has 3 rings (SSSR count). The van der Waals surface area contributed by atoms with Crippen LogP contribution in [0.5, 0.6) is 0 Å². The molecule has 1 amide bonds. The van der Waals surface area contributed by atoms with Gasteiger partial charge in [-0.2, -0.15) is 0 Å². The number of nitrogens with zero attached hydrogens (tertiary/aromatic N) is 1. The molecule has 25 heavy (non-hydrogen) atoms.